The number of amides is 1. The second kappa shape index (κ2) is 5.98. The first-order valence-electron chi connectivity index (χ1n) is 5.78. The number of carbonyl (C=O) groups is 1. The Morgan fingerprint density at radius 2 is 2.10 bits per heavy atom. The number of hydrogen-bond donors (Lipinski definition) is 2. The highest BCUT2D eigenvalue weighted by molar-refractivity contribution is 7.73. The number of benzene rings is 1. The summed E-state index contributed by atoms with van der Waals surface area (Å²) in [7, 11) is 1.82. The molecule has 2 N–H and O–H groups in total. The van der Waals surface area contributed by atoms with Crippen molar-refractivity contribution in [2.75, 3.05) is 0 Å². The Bertz CT molecular complexity index is 714. The summed E-state index contributed by atoms with van der Waals surface area (Å²) < 4.78 is 2.44. The fourth-order valence-corrected chi connectivity index (χ4v) is 2.76. The van der Waals surface area contributed by atoms with Gasteiger partial charge in [-0.25, -0.2) is 5.43 Å². The quantitative estimate of drug-likeness (QED) is 0.520. The highest BCUT2D eigenvalue weighted by atomic mass is 32.1. The summed E-state index contributed by atoms with van der Waals surface area (Å²) in [4.78, 5) is 12.5. The Morgan fingerprint density at radius 3 is 2.65 bits per heavy atom. The van der Waals surface area contributed by atoms with Crippen LogP contribution >= 0.6 is 23.6 Å². The topological polar surface area (TPSA) is 66.6 Å². The standard InChI is InChI=1S/C13H13N3O2S2/c1-8-11(20-13(19)16(8)2)12(18)15-14-7-9-3-5-10(17)6-4-9/h3-7,17H,1-2H3,(H,15,18)/b14-7-. The molecule has 1 aromatic carbocycles. The van der Waals surface area contributed by atoms with E-state index in [2.05, 4.69) is 10.5 Å². The normalized spacial score (nSPS) is 10.9. The van der Waals surface area contributed by atoms with Crippen LogP contribution in [0.5, 0.6) is 5.75 Å². The number of aromatic nitrogens is 1. The number of aromatic hydroxyl groups is 1. The van der Waals surface area contributed by atoms with E-state index in [1.165, 1.54) is 17.6 Å². The van der Waals surface area contributed by atoms with Crippen molar-refractivity contribution in [2.24, 2.45) is 12.1 Å². The van der Waals surface area contributed by atoms with Gasteiger partial charge in [0.15, 0.2) is 3.95 Å². The van der Waals surface area contributed by atoms with E-state index in [-0.39, 0.29) is 11.7 Å². The van der Waals surface area contributed by atoms with E-state index in [1.54, 1.807) is 28.8 Å². The summed E-state index contributed by atoms with van der Waals surface area (Å²) in [5.41, 5.74) is 4.06. The van der Waals surface area contributed by atoms with E-state index in [4.69, 9.17) is 17.3 Å². The fourth-order valence-electron chi connectivity index (χ4n) is 1.51. The third kappa shape index (κ3) is 3.12. The molecule has 0 unspecified atom stereocenters. The van der Waals surface area contributed by atoms with Gasteiger partial charge < -0.3 is 9.67 Å². The van der Waals surface area contributed by atoms with E-state index < -0.39 is 0 Å². The van der Waals surface area contributed by atoms with Gasteiger partial charge in [0.2, 0.25) is 0 Å². The Kier molecular flexibility index (Phi) is 4.31. The number of carbonyl (C=O) groups excluding carboxylic acids is 1. The lowest BCUT2D eigenvalue weighted by atomic mass is 10.2. The molecule has 7 heteroatoms. The van der Waals surface area contributed by atoms with E-state index in [1.807, 2.05) is 14.0 Å². The van der Waals surface area contributed by atoms with Gasteiger partial charge in [0.25, 0.3) is 5.91 Å². The van der Waals surface area contributed by atoms with Gasteiger partial charge in [0.1, 0.15) is 10.6 Å². The van der Waals surface area contributed by atoms with Crippen LogP contribution in [-0.2, 0) is 7.05 Å². The lowest BCUT2D eigenvalue weighted by Crippen LogP contribution is -2.17. The molecule has 0 spiro atoms. The molecule has 0 saturated heterocycles. The van der Waals surface area contributed by atoms with Crippen LogP contribution in [-0.4, -0.2) is 21.8 Å². The summed E-state index contributed by atoms with van der Waals surface area (Å²) >= 11 is 6.38. The molecule has 2 rings (SSSR count). The summed E-state index contributed by atoms with van der Waals surface area (Å²) in [6.07, 6.45) is 1.51. The predicted molar refractivity (Wildman–Crippen MR) is 82.0 cm³/mol. The third-order valence-electron chi connectivity index (χ3n) is 2.77. The van der Waals surface area contributed by atoms with Crippen molar-refractivity contribution in [3.63, 3.8) is 0 Å². The number of hydrogen-bond acceptors (Lipinski definition) is 5. The fraction of sp³-hybridized carbons (Fsp3) is 0.154. The van der Waals surface area contributed by atoms with Crippen LogP contribution in [0, 0.1) is 10.9 Å². The molecule has 0 saturated carbocycles. The van der Waals surface area contributed by atoms with Crippen molar-refractivity contribution in [1.29, 1.82) is 0 Å². The number of hydrazone groups is 1. The molecule has 104 valence electrons. The van der Waals surface area contributed by atoms with Crippen LogP contribution in [0.3, 0.4) is 0 Å². The van der Waals surface area contributed by atoms with E-state index in [0.717, 1.165) is 11.3 Å². The van der Waals surface area contributed by atoms with Gasteiger partial charge in [-0.15, -0.1) is 0 Å². The summed E-state index contributed by atoms with van der Waals surface area (Å²) in [6, 6.07) is 6.50. The summed E-state index contributed by atoms with van der Waals surface area (Å²) in [6.45, 7) is 1.84. The number of phenolic OH excluding ortho intramolecular Hbond substituents is 1. The van der Waals surface area contributed by atoms with Crippen LogP contribution in [0.15, 0.2) is 29.4 Å². The lowest BCUT2D eigenvalue weighted by molar-refractivity contribution is 0.0958. The maximum atomic E-state index is 12.0. The molecule has 1 amide bonds. The molecule has 5 nitrogen and oxygen atoms in total. The molecular formula is C13H13N3O2S2. The molecule has 1 aromatic heterocycles. The zero-order chi connectivity index (χ0) is 14.7. The predicted octanol–water partition coefficient (Wildman–Crippen LogP) is 2.59. The van der Waals surface area contributed by atoms with Gasteiger partial charge in [0, 0.05) is 12.7 Å². The smallest absolute Gasteiger partial charge is 0.283 e. The van der Waals surface area contributed by atoms with Crippen LogP contribution in [0.2, 0.25) is 0 Å². The van der Waals surface area contributed by atoms with Gasteiger partial charge in [0.05, 0.1) is 6.21 Å². The van der Waals surface area contributed by atoms with Crippen molar-refractivity contribution in [2.45, 2.75) is 6.92 Å². The zero-order valence-corrected chi connectivity index (χ0v) is 12.6. The van der Waals surface area contributed by atoms with Crippen LogP contribution in [0.25, 0.3) is 0 Å². The number of nitrogens with zero attached hydrogens (tertiary/aromatic N) is 2. The molecule has 0 bridgehead atoms. The van der Waals surface area contributed by atoms with Crippen molar-refractivity contribution < 1.29 is 9.90 Å². The minimum Gasteiger partial charge on any atom is -0.508 e. The van der Waals surface area contributed by atoms with Crippen molar-refractivity contribution in [1.82, 2.24) is 9.99 Å². The third-order valence-corrected chi connectivity index (χ3v) is 4.43. The van der Waals surface area contributed by atoms with Crippen molar-refractivity contribution in [3.05, 3.63) is 44.4 Å². The van der Waals surface area contributed by atoms with E-state index in [9.17, 15) is 4.79 Å². The summed E-state index contributed by atoms with van der Waals surface area (Å²) in [5, 5.41) is 13.0. The summed E-state index contributed by atoms with van der Waals surface area (Å²) in [5.74, 6) is -0.0971. The molecule has 2 aromatic rings. The average molecular weight is 307 g/mol. The first kappa shape index (κ1) is 14.4. The van der Waals surface area contributed by atoms with E-state index >= 15 is 0 Å². The van der Waals surface area contributed by atoms with Crippen molar-refractivity contribution in [3.8, 4) is 5.75 Å². The largest absolute Gasteiger partial charge is 0.508 e. The second-order valence-corrected chi connectivity index (χ2v) is 5.78. The van der Waals surface area contributed by atoms with Gasteiger partial charge in [-0.05, 0) is 49.0 Å². The number of nitrogens with one attached hydrogen (secondary N) is 1. The molecule has 1 heterocycles. The molecule has 0 radical (unpaired) electrons. The molecule has 0 fully saturated rings. The number of rotatable bonds is 3. The molecule has 0 aliphatic rings. The van der Waals surface area contributed by atoms with Gasteiger partial charge in [-0.2, -0.15) is 5.10 Å². The minimum absolute atomic E-state index is 0.186. The first-order valence-corrected chi connectivity index (χ1v) is 7.00. The highest BCUT2D eigenvalue weighted by Crippen LogP contribution is 2.17. The highest BCUT2D eigenvalue weighted by Gasteiger charge is 2.13. The van der Waals surface area contributed by atoms with Crippen LogP contribution < -0.4 is 5.43 Å². The second-order valence-electron chi connectivity index (χ2n) is 4.13. The number of phenols is 1. The monoisotopic (exact) mass is 307 g/mol. The van der Waals surface area contributed by atoms with Gasteiger partial charge in [-0.3, -0.25) is 4.79 Å². The minimum atomic E-state index is -0.283. The first-order chi connectivity index (χ1) is 9.49. The van der Waals surface area contributed by atoms with Crippen LogP contribution in [0.4, 0.5) is 0 Å². The van der Waals surface area contributed by atoms with Crippen molar-refractivity contribution >= 4 is 35.7 Å². The molecule has 0 aliphatic heterocycles. The van der Waals surface area contributed by atoms with Crippen LogP contribution in [0.1, 0.15) is 20.9 Å². The maximum Gasteiger partial charge on any atom is 0.283 e. The number of thiazole rings is 1. The molecule has 0 atom stereocenters. The van der Waals surface area contributed by atoms with Gasteiger partial charge in [-0.1, -0.05) is 11.3 Å². The maximum absolute atomic E-state index is 12.0. The van der Waals surface area contributed by atoms with Gasteiger partial charge >= 0.3 is 0 Å². The average Bonchev–Trinajstić information content (AvgIpc) is 2.69. The molecular weight excluding hydrogens is 294 g/mol. The Balaban J connectivity index is 2.07. The molecule has 20 heavy (non-hydrogen) atoms. The van der Waals surface area contributed by atoms with E-state index in [0.29, 0.717) is 8.83 Å². The Labute approximate surface area is 125 Å². The zero-order valence-electron chi connectivity index (χ0n) is 11.0. The molecule has 0 aliphatic carbocycles. The lowest BCUT2D eigenvalue weighted by Gasteiger charge is -1.99. The SMILES string of the molecule is Cc1c(C(=O)N/N=C\c2ccc(O)cc2)sc(=S)n1C. The Morgan fingerprint density at radius 1 is 1.45 bits per heavy atom. The Hall–Kier alpha value is -1.99.